The van der Waals surface area contributed by atoms with Crippen molar-refractivity contribution in [3.63, 3.8) is 0 Å². The zero-order valence-corrected chi connectivity index (χ0v) is 8.93. The number of H-pyrrole nitrogens is 2. The third kappa shape index (κ3) is 1.55. The molecular weight excluding hydrogens is 214 g/mol. The molecule has 0 bridgehead atoms. The largest absolute Gasteiger partial charge is 0.305 e. The Labute approximate surface area is 92.5 Å². The molecule has 0 aromatic carbocycles. The predicted molar refractivity (Wildman–Crippen MR) is 60.6 cm³/mol. The molecule has 15 heavy (non-hydrogen) atoms. The molecule has 80 valence electrons. The second-order valence-corrected chi connectivity index (χ2v) is 3.85. The average Bonchev–Trinajstić information content (AvgIpc) is 2.45. The van der Waals surface area contributed by atoms with E-state index in [9.17, 15) is 4.79 Å². The van der Waals surface area contributed by atoms with Crippen molar-refractivity contribution in [1.29, 1.82) is 0 Å². The summed E-state index contributed by atoms with van der Waals surface area (Å²) in [5, 5.41) is 8.19. The minimum Gasteiger partial charge on any atom is -0.305 e. The molecule has 2 heterocycles. The quantitative estimate of drug-likeness (QED) is 0.779. The Morgan fingerprint density at radius 1 is 1.33 bits per heavy atom. The molecule has 1 fully saturated rings. The number of aromatic nitrogens is 3. The first-order valence-electron chi connectivity index (χ1n) is 4.92. The van der Waals surface area contributed by atoms with Crippen LogP contribution in [0.5, 0.6) is 0 Å². The van der Waals surface area contributed by atoms with Gasteiger partial charge in [0.15, 0.2) is 5.65 Å². The predicted octanol–water partition coefficient (Wildman–Crippen LogP) is 1.94. The Bertz CT molecular complexity index is 527. The summed E-state index contributed by atoms with van der Waals surface area (Å²) in [4.78, 5) is 13.8. The molecule has 0 aliphatic heterocycles. The van der Waals surface area contributed by atoms with E-state index >= 15 is 0 Å². The summed E-state index contributed by atoms with van der Waals surface area (Å²) in [6, 6.07) is 3.41. The van der Waals surface area contributed by atoms with Gasteiger partial charge in [0.1, 0.15) is 0 Å². The fourth-order valence-corrected chi connectivity index (χ4v) is 1.95. The van der Waals surface area contributed by atoms with Gasteiger partial charge in [0.2, 0.25) is 5.56 Å². The van der Waals surface area contributed by atoms with Crippen LogP contribution in [0.3, 0.4) is 0 Å². The third-order valence-corrected chi connectivity index (χ3v) is 2.99. The van der Waals surface area contributed by atoms with E-state index in [1.54, 1.807) is 6.07 Å². The van der Waals surface area contributed by atoms with Crippen LogP contribution in [0, 0.1) is 0 Å². The first-order chi connectivity index (χ1) is 6.84. The number of hydrogen-bond donors (Lipinski definition) is 2. The normalized spacial score (nSPS) is 16.0. The van der Waals surface area contributed by atoms with Gasteiger partial charge in [-0.1, -0.05) is 6.42 Å². The van der Waals surface area contributed by atoms with E-state index in [1.807, 2.05) is 6.07 Å². The van der Waals surface area contributed by atoms with Crippen molar-refractivity contribution in [2.45, 2.75) is 25.2 Å². The summed E-state index contributed by atoms with van der Waals surface area (Å²) >= 11 is 0. The fourth-order valence-electron chi connectivity index (χ4n) is 1.95. The second kappa shape index (κ2) is 3.70. The van der Waals surface area contributed by atoms with Gasteiger partial charge in [-0.2, -0.15) is 5.10 Å². The molecule has 4 nitrogen and oxygen atoms in total. The summed E-state index contributed by atoms with van der Waals surface area (Å²) < 4.78 is 0. The van der Waals surface area contributed by atoms with Gasteiger partial charge in [-0.3, -0.25) is 9.89 Å². The highest BCUT2D eigenvalue weighted by atomic mass is 35.5. The van der Waals surface area contributed by atoms with Crippen LogP contribution in [-0.4, -0.2) is 15.2 Å². The van der Waals surface area contributed by atoms with Gasteiger partial charge in [0, 0.05) is 23.1 Å². The van der Waals surface area contributed by atoms with E-state index in [0.29, 0.717) is 11.6 Å². The van der Waals surface area contributed by atoms with Crippen LogP contribution in [0.25, 0.3) is 11.0 Å². The Morgan fingerprint density at radius 2 is 2.13 bits per heavy atom. The molecule has 0 saturated heterocycles. The number of nitrogens with one attached hydrogen (secondary N) is 2. The summed E-state index contributed by atoms with van der Waals surface area (Å²) in [7, 11) is 0. The van der Waals surface area contributed by atoms with Crippen LogP contribution in [0.15, 0.2) is 16.9 Å². The van der Waals surface area contributed by atoms with Crippen molar-refractivity contribution < 1.29 is 0 Å². The number of halogens is 1. The molecular formula is C10H12ClN3O. The lowest BCUT2D eigenvalue weighted by molar-refractivity contribution is 0.413. The van der Waals surface area contributed by atoms with E-state index in [4.69, 9.17) is 0 Å². The van der Waals surface area contributed by atoms with Gasteiger partial charge in [0.25, 0.3) is 0 Å². The van der Waals surface area contributed by atoms with Crippen LogP contribution < -0.4 is 5.56 Å². The van der Waals surface area contributed by atoms with Gasteiger partial charge in [0.05, 0.1) is 0 Å². The minimum absolute atomic E-state index is 0. The Balaban J connectivity index is 0.000000853. The Morgan fingerprint density at radius 3 is 2.80 bits per heavy atom. The lowest BCUT2D eigenvalue weighted by Crippen LogP contribution is -2.09. The molecule has 5 heteroatoms. The fraction of sp³-hybridized carbons (Fsp3) is 0.400. The summed E-state index contributed by atoms with van der Waals surface area (Å²) in [5.74, 6) is 0.617. The van der Waals surface area contributed by atoms with Crippen molar-refractivity contribution in [1.82, 2.24) is 15.2 Å². The molecule has 1 aliphatic rings. The van der Waals surface area contributed by atoms with Crippen molar-refractivity contribution >= 4 is 23.4 Å². The van der Waals surface area contributed by atoms with E-state index < -0.39 is 0 Å². The summed E-state index contributed by atoms with van der Waals surface area (Å²) in [6.45, 7) is 0. The topological polar surface area (TPSA) is 61.5 Å². The van der Waals surface area contributed by atoms with Crippen LogP contribution >= 0.6 is 12.4 Å². The molecule has 0 unspecified atom stereocenters. The highest BCUT2D eigenvalue weighted by Gasteiger charge is 2.23. The van der Waals surface area contributed by atoms with E-state index in [2.05, 4.69) is 15.2 Å². The number of hydrogen-bond acceptors (Lipinski definition) is 2. The SMILES string of the molecule is Cl.O=c1ccc2c(C3CCC3)[nH]nc2[nH]1. The van der Waals surface area contributed by atoms with Gasteiger partial charge < -0.3 is 4.98 Å². The number of rotatable bonds is 1. The first-order valence-corrected chi connectivity index (χ1v) is 4.92. The summed E-state index contributed by atoms with van der Waals surface area (Å²) in [6.07, 6.45) is 3.77. The molecule has 0 radical (unpaired) electrons. The molecule has 2 N–H and O–H groups in total. The molecule has 3 rings (SSSR count). The smallest absolute Gasteiger partial charge is 0.249 e. The van der Waals surface area contributed by atoms with Gasteiger partial charge in [-0.05, 0) is 18.9 Å². The van der Waals surface area contributed by atoms with Crippen LogP contribution in [0.4, 0.5) is 0 Å². The molecule has 2 aromatic rings. The summed E-state index contributed by atoms with van der Waals surface area (Å²) in [5.41, 5.74) is 1.77. The standard InChI is InChI=1S/C10H11N3O.ClH/c14-8-5-4-7-9(6-2-1-3-6)12-13-10(7)11-8;/h4-6H,1-3H2,(H2,11,12,13,14);1H. The first kappa shape index (κ1) is 10.2. The molecule has 0 spiro atoms. The van der Waals surface area contributed by atoms with E-state index in [-0.39, 0.29) is 18.0 Å². The van der Waals surface area contributed by atoms with Crippen molar-refractivity contribution in [2.75, 3.05) is 0 Å². The maximum atomic E-state index is 11.0. The highest BCUT2D eigenvalue weighted by Crippen LogP contribution is 2.37. The zero-order chi connectivity index (χ0) is 9.54. The van der Waals surface area contributed by atoms with Crippen molar-refractivity contribution in [3.8, 4) is 0 Å². The van der Waals surface area contributed by atoms with E-state index in [1.165, 1.54) is 25.0 Å². The minimum atomic E-state index is -0.0934. The van der Waals surface area contributed by atoms with Crippen molar-refractivity contribution in [3.05, 3.63) is 28.2 Å². The molecule has 2 aromatic heterocycles. The third-order valence-electron chi connectivity index (χ3n) is 2.99. The second-order valence-electron chi connectivity index (χ2n) is 3.85. The van der Waals surface area contributed by atoms with Crippen LogP contribution in [0.2, 0.25) is 0 Å². The van der Waals surface area contributed by atoms with E-state index in [0.717, 1.165) is 5.39 Å². The number of pyridine rings is 1. The monoisotopic (exact) mass is 225 g/mol. The average molecular weight is 226 g/mol. The molecule has 0 amide bonds. The number of nitrogens with zero attached hydrogens (tertiary/aromatic N) is 1. The molecule has 1 saturated carbocycles. The maximum absolute atomic E-state index is 11.0. The zero-order valence-electron chi connectivity index (χ0n) is 8.12. The van der Waals surface area contributed by atoms with Crippen LogP contribution in [0.1, 0.15) is 30.9 Å². The van der Waals surface area contributed by atoms with Gasteiger partial charge >= 0.3 is 0 Å². The lowest BCUT2D eigenvalue weighted by atomic mass is 9.82. The van der Waals surface area contributed by atoms with Crippen molar-refractivity contribution in [2.24, 2.45) is 0 Å². The number of fused-ring (bicyclic) bond motifs is 1. The maximum Gasteiger partial charge on any atom is 0.249 e. The molecule has 1 aliphatic carbocycles. The van der Waals surface area contributed by atoms with Gasteiger partial charge in [-0.15, -0.1) is 12.4 Å². The molecule has 0 atom stereocenters. The van der Waals surface area contributed by atoms with Crippen LogP contribution in [-0.2, 0) is 0 Å². The Hall–Kier alpha value is -1.29. The Kier molecular flexibility index (Phi) is 2.52. The highest BCUT2D eigenvalue weighted by molar-refractivity contribution is 5.85. The lowest BCUT2D eigenvalue weighted by Gasteiger charge is -2.23. The van der Waals surface area contributed by atoms with Gasteiger partial charge in [-0.25, -0.2) is 0 Å². The number of aromatic amines is 2.